The predicted octanol–water partition coefficient (Wildman–Crippen LogP) is 3.00. The van der Waals surface area contributed by atoms with Gasteiger partial charge in [0.25, 0.3) is 0 Å². The van der Waals surface area contributed by atoms with E-state index >= 15 is 0 Å². The van der Waals surface area contributed by atoms with Crippen molar-refractivity contribution in [2.24, 2.45) is 0 Å². The standard InChI is InChI=1S/C15H15NO/c1-15(17,14-8-11-16-12-9-14)10-7-13-5-3-2-4-6-13/h2-12,17H,1H3/b10-7+. The normalized spacial score (nSPS) is 14.7. The van der Waals surface area contributed by atoms with Gasteiger partial charge in [-0.15, -0.1) is 0 Å². The van der Waals surface area contributed by atoms with Crippen molar-refractivity contribution in [1.82, 2.24) is 4.98 Å². The molecule has 17 heavy (non-hydrogen) atoms. The molecule has 2 nitrogen and oxygen atoms in total. The molecular weight excluding hydrogens is 210 g/mol. The number of aliphatic hydroxyl groups is 1. The predicted molar refractivity (Wildman–Crippen MR) is 69.3 cm³/mol. The maximum atomic E-state index is 10.3. The number of benzene rings is 1. The molecule has 2 rings (SSSR count). The molecule has 2 heteroatoms. The number of hydrogen-bond donors (Lipinski definition) is 1. The molecule has 0 radical (unpaired) electrons. The summed E-state index contributed by atoms with van der Waals surface area (Å²) in [6.45, 7) is 1.77. The fourth-order valence-corrected chi connectivity index (χ4v) is 1.61. The van der Waals surface area contributed by atoms with E-state index < -0.39 is 5.60 Å². The second-order valence-electron chi connectivity index (χ2n) is 4.13. The van der Waals surface area contributed by atoms with E-state index in [9.17, 15) is 5.11 Å². The highest BCUT2D eigenvalue weighted by atomic mass is 16.3. The highest BCUT2D eigenvalue weighted by molar-refractivity contribution is 5.51. The lowest BCUT2D eigenvalue weighted by molar-refractivity contribution is 0.112. The Labute approximate surface area is 101 Å². The molecule has 1 aromatic carbocycles. The first-order chi connectivity index (χ1) is 8.18. The second-order valence-corrected chi connectivity index (χ2v) is 4.13. The van der Waals surface area contributed by atoms with Crippen molar-refractivity contribution < 1.29 is 5.11 Å². The first kappa shape index (κ1) is 11.6. The summed E-state index contributed by atoms with van der Waals surface area (Å²) in [5.41, 5.74) is 0.931. The molecule has 1 atom stereocenters. The Bertz CT molecular complexity index is 489. The lowest BCUT2D eigenvalue weighted by atomic mass is 9.96. The average Bonchev–Trinajstić information content (AvgIpc) is 2.39. The molecule has 0 aliphatic carbocycles. The summed E-state index contributed by atoms with van der Waals surface area (Å²) in [5.74, 6) is 0. The molecule has 0 aliphatic rings. The van der Waals surface area contributed by atoms with E-state index in [1.165, 1.54) is 0 Å². The Kier molecular flexibility index (Phi) is 3.35. The molecule has 0 aliphatic heterocycles. The van der Waals surface area contributed by atoms with Gasteiger partial charge in [-0.1, -0.05) is 36.4 Å². The van der Waals surface area contributed by atoms with Crippen molar-refractivity contribution in [3.8, 4) is 0 Å². The molecule has 0 spiro atoms. The third-order valence-electron chi connectivity index (χ3n) is 2.66. The van der Waals surface area contributed by atoms with E-state index in [-0.39, 0.29) is 0 Å². The Morgan fingerprint density at radius 1 is 1.06 bits per heavy atom. The lowest BCUT2D eigenvalue weighted by Crippen LogP contribution is -2.17. The maximum Gasteiger partial charge on any atom is 0.105 e. The van der Waals surface area contributed by atoms with Crippen molar-refractivity contribution in [3.63, 3.8) is 0 Å². The van der Waals surface area contributed by atoms with Crippen LogP contribution in [0, 0.1) is 0 Å². The van der Waals surface area contributed by atoms with Crippen LogP contribution in [0.15, 0.2) is 60.9 Å². The van der Waals surface area contributed by atoms with Gasteiger partial charge in [0, 0.05) is 12.4 Å². The van der Waals surface area contributed by atoms with Crippen LogP contribution in [-0.2, 0) is 5.60 Å². The number of hydrogen-bond acceptors (Lipinski definition) is 2. The quantitative estimate of drug-likeness (QED) is 0.871. The van der Waals surface area contributed by atoms with E-state index in [4.69, 9.17) is 0 Å². The minimum atomic E-state index is -0.973. The van der Waals surface area contributed by atoms with Crippen LogP contribution in [0.5, 0.6) is 0 Å². The maximum absolute atomic E-state index is 10.3. The summed E-state index contributed by atoms with van der Waals surface area (Å²) in [4.78, 5) is 3.94. The third-order valence-corrected chi connectivity index (χ3v) is 2.66. The highest BCUT2D eigenvalue weighted by Crippen LogP contribution is 2.22. The SMILES string of the molecule is CC(O)(/C=C/c1ccccc1)c1ccncc1. The fraction of sp³-hybridized carbons (Fsp3) is 0.133. The van der Waals surface area contributed by atoms with Crippen molar-refractivity contribution in [3.05, 3.63) is 72.1 Å². The molecule has 1 aromatic heterocycles. The van der Waals surface area contributed by atoms with Gasteiger partial charge in [0.1, 0.15) is 5.60 Å². The van der Waals surface area contributed by atoms with Crippen LogP contribution in [0.1, 0.15) is 18.1 Å². The fourth-order valence-electron chi connectivity index (χ4n) is 1.61. The van der Waals surface area contributed by atoms with Crippen molar-refractivity contribution in [2.45, 2.75) is 12.5 Å². The molecule has 0 saturated carbocycles. The molecule has 2 aromatic rings. The number of rotatable bonds is 3. The Morgan fingerprint density at radius 3 is 2.35 bits per heavy atom. The minimum absolute atomic E-state index is 0.833. The molecule has 86 valence electrons. The van der Waals surface area contributed by atoms with Crippen molar-refractivity contribution >= 4 is 6.08 Å². The van der Waals surface area contributed by atoms with E-state index in [0.29, 0.717) is 0 Å². The van der Waals surface area contributed by atoms with Gasteiger partial charge in [-0.05, 0) is 36.3 Å². The zero-order valence-electron chi connectivity index (χ0n) is 9.75. The topological polar surface area (TPSA) is 33.1 Å². The van der Waals surface area contributed by atoms with Crippen molar-refractivity contribution in [1.29, 1.82) is 0 Å². The molecule has 1 heterocycles. The van der Waals surface area contributed by atoms with Gasteiger partial charge in [0.2, 0.25) is 0 Å². The Morgan fingerprint density at radius 2 is 1.71 bits per heavy atom. The molecule has 0 amide bonds. The minimum Gasteiger partial charge on any atom is -0.381 e. The first-order valence-electron chi connectivity index (χ1n) is 5.56. The third kappa shape index (κ3) is 3.02. The summed E-state index contributed by atoms with van der Waals surface area (Å²) in [6.07, 6.45) is 7.07. The van der Waals surface area contributed by atoms with Crippen LogP contribution < -0.4 is 0 Å². The molecule has 1 N–H and O–H groups in total. The number of aromatic nitrogens is 1. The van der Waals surface area contributed by atoms with Gasteiger partial charge in [0.15, 0.2) is 0 Å². The van der Waals surface area contributed by atoms with Crippen LogP contribution in [-0.4, -0.2) is 10.1 Å². The number of pyridine rings is 1. The van der Waals surface area contributed by atoms with Crippen molar-refractivity contribution in [2.75, 3.05) is 0 Å². The highest BCUT2D eigenvalue weighted by Gasteiger charge is 2.18. The van der Waals surface area contributed by atoms with Gasteiger partial charge >= 0.3 is 0 Å². The molecule has 0 fully saturated rings. The smallest absolute Gasteiger partial charge is 0.105 e. The number of nitrogens with zero attached hydrogens (tertiary/aromatic N) is 1. The van der Waals surface area contributed by atoms with Crippen LogP contribution in [0.3, 0.4) is 0 Å². The Hall–Kier alpha value is -1.93. The van der Waals surface area contributed by atoms with Gasteiger partial charge in [-0.3, -0.25) is 4.98 Å². The molecule has 0 bridgehead atoms. The van der Waals surface area contributed by atoms with Crippen LogP contribution in [0.4, 0.5) is 0 Å². The summed E-state index contributed by atoms with van der Waals surface area (Å²) in [6, 6.07) is 13.5. The van der Waals surface area contributed by atoms with Crippen LogP contribution >= 0.6 is 0 Å². The molecule has 1 unspecified atom stereocenters. The average molecular weight is 225 g/mol. The lowest BCUT2D eigenvalue weighted by Gasteiger charge is -2.19. The van der Waals surface area contributed by atoms with Gasteiger partial charge in [-0.25, -0.2) is 0 Å². The molecular formula is C15H15NO. The van der Waals surface area contributed by atoms with E-state index in [2.05, 4.69) is 4.98 Å². The van der Waals surface area contributed by atoms with E-state index in [0.717, 1.165) is 11.1 Å². The van der Waals surface area contributed by atoms with Gasteiger partial charge < -0.3 is 5.11 Å². The summed E-state index contributed by atoms with van der Waals surface area (Å²) in [5, 5.41) is 10.3. The van der Waals surface area contributed by atoms with E-state index in [1.807, 2.05) is 48.5 Å². The van der Waals surface area contributed by atoms with Crippen LogP contribution in [0.25, 0.3) is 6.08 Å². The zero-order chi connectivity index (χ0) is 12.1. The van der Waals surface area contributed by atoms with Gasteiger partial charge in [0.05, 0.1) is 0 Å². The summed E-state index contributed by atoms with van der Waals surface area (Å²) in [7, 11) is 0. The first-order valence-corrected chi connectivity index (χ1v) is 5.56. The second kappa shape index (κ2) is 4.93. The van der Waals surface area contributed by atoms with E-state index in [1.54, 1.807) is 25.4 Å². The largest absolute Gasteiger partial charge is 0.381 e. The van der Waals surface area contributed by atoms with Gasteiger partial charge in [-0.2, -0.15) is 0 Å². The Balaban J connectivity index is 2.21. The summed E-state index contributed by atoms with van der Waals surface area (Å²) >= 11 is 0. The monoisotopic (exact) mass is 225 g/mol. The zero-order valence-corrected chi connectivity index (χ0v) is 9.75. The van der Waals surface area contributed by atoms with Crippen LogP contribution in [0.2, 0.25) is 0 Å². The summed E-state index contributed by atoms with van der Waals surface area (Å²) < 4.78 is 0. The molecule has 0 saturated heterocycles.